The van der Waals surface area contributed by atoms with Crippen LogP contribution in [-0.4, -0.2) is 28.6 Å². The van der Waals surface area contributed by atoms with Crippen molar-refractivity contribution in [2.75, 3.05) is 11.9 Å². The highest BCUT2D eigenvalue weighted by atomic mass is 16.6. The maximum absolute atomic E-state index is 12.4. The molecule has 1 aliphatic heterocycles. The van der Waals surface area contributed by atoms with Gasteiger partial charge in [-0.15, -0.1) is 0 Å². The SMILES string of the molecule is O=C(Nc1cnc(-c2ccccc2)nc1)[C@H]1COc2ccccc2O1. The minimum atomic E-state index is -0.719. The largest absolute Gasteiger partial charge is 0.485 e. The highest BCUT2D eigenvalue weighted by Gasteiger charge is 2.27. The molecule has 1 N–H and O–H groups in total. The van der Waals surface area contributed by atoms with Gasteiger partial charge in [-0.25, -0.2) is 9.97 Å². The van der Waals surface area contributed by atoms with Gasteiger partial charge in [0.2, 0.25) is 6.10 Å². The van der Waals surface area contributed by atoms with Gasteiger partial charge in [0.05, 0.1) is 18.1 Å². The Bertz CT molecular complexity index is 882. The molecule has 6 heteroatoms. The predicted molar refractivity (Wildman–Crippen MR) is 92.5 cm³/mol. The molecule has 0 unspecified atom stereocenters. The van der Waals surface area contributed by atoms with Gasteiger partial charge < -0.3 is 14.8 Å². The molecular weight excluding hydrogens is 318 g/mol. The first-order valence-electron chi connectivity index (χ1n) is 7.86. The first-order chi connectivity index (χ1) is 12.3. The number of amides is 1. The van der Waals surface area contributed by atoms with Crippen LogP contribution >= 0.6 is 0 Å². The molecule has 25 heavy (non-hydrogen) atoms. The Hall–Kier alpha value is -3.41. The van der Waals surface area contributed by atoms with Crippen LogP contribution in [0.15, 0.2) is 67.0 Å². The third kappa shape index (κ3) is 3.28. The molecule has 0 fully saturated rings. The summed E-state index contributed by atoms with van der Waals surface area (Å²) in [5.41, 5.74) is 1.42. The van der Waals surface area contributed by atoms with Crippen LogP contribution in [0.25, 0.3) is 11.4 Å². The van der Waals surface area contributed by atoms with Crippen LogP contribution in [-0.2, 0) is 4.79 Å². The molecular formula is C19H15N3O3. The van der Waals surface area contributed by atoms with E-state index in [0.29, 0.717) is 23.0 Å². The number of anilines is 1. The van der Waals surface area contributed by atoms with Crippen LogP contribution in [0.3, 0.4) is 0 Å². The van der Waals surface area contributed by atoms with Crippen molar-refractivity contribution in [2.24, 2.45) is 0 Å². The standard InChI is InChI=1S/C19H15N3O3/c23-19(17-12-24-15-8-4-5-9-16(15)25-17)22-14-10-20-18(21-11-14)13-6-2-1-3-7-13/h1-11,17H,12H2,(H,22,23)/t17-/m1/s1. The zero-order valence-corrected chi connectivity index (χ0v) is 13.3. The van der Waals surface area contributed by atoms with Crippen LogP contribution in [0, 0.1) is 0 Å². The van der Waals surface area contributed by atoms with Crippen molar-refractivity contribution < 1.29 is 14.3 Å². The molecule has 0 saturated carbocycles. The Kier molecular flexibility index (Phi) is 4.00. The lowest BCUT2D eigenvalue weighted by atomic mass is 10.2. The summed E-state index contributed by atoms with van der Waals surface area (Å²) in [7, 11) is 0. The van der Waals surface area contributed by atoms with Gasteiger partial charge >= 0.3 is 0 Å². The normalized spacial score (nSPS) is 15.4. The second-order valence-electron chi connectivity index (χ2n) is 5.51. The summed E-state index contributed by atoms with van der Waals surface area (Å²) >= 11 is 0. The number of nitrogens with zero attached hydrogens (tertiary/aromatic N) is 2. The van der Waals surface area contributed by atoms with Gasteiger partial charge in [-0.1, -0.05) is 42.5 Å². The van der Waals surface area contributed by atoms with Gasteiger partial charge in [0.25, 0.3) is 5.91 Å². The van der Waals surface area contributed by atoms with E-state index in [9.17, 15) is 4.79 Å². The summed E-state index contributed by atoms with van der Waals surface area (Å²) in [5.74, 6) is 1.50. The number of carbonyl (C=O) groups excluding carboxylic acids is 1. The smallest absolute Gasteiger partial charge is 0.269 e. The average molecular weight is 333 g/mol. The Morgan fingerprint density at radius 2 is 1.64 bits per heavy atom. The van der Waals surface area contributed by atoms with Crippen molar-refractivity contribution >= 4 is 11.6 Å². The van der Waals surface area contributed by atoms with E-state index in [4.69, 9.17) is 9.47 Å². The topological polar surface area (TPSA) is 73.3 Å². The summed E-state index contributed by atoms with van der Waals surface area (Å²) in [6, 6.07) is 16.9. The molecule has 0 bridgehead atoms. The number of fused-ring (bicyclic) bond motifs is 1. The van der Waals surface area contributed by atoms with Gasteiger partial charge in [0, 0.05) is 5.56 Å². The van der Waals surface area contributed by atoms with Crippen molar-refractivity contribution in [2.45, 2.75) is 6.10 Å². The Morgan fingerprint density at radius 1 is 0.960 bits per heavy atom. The summed E-state index contributed by atoms with van der Waals surface area (Å²) in [5, 5.41) is 2.75. The minimum Gasteiger partial charge on any atom is -0.485 e. The van der Waals surface area contributed by atoms with Gasteiger partial charge in [-0.05, 0) is 12.1 Å². The van der Waals surface area contributed by atoms with Gasteiger partial charge in [-0.3, -0.25) is 4.79 Å². The predicted octanol–water partition coefficient (Wildman–Crippen LogP) is 2.92. The lowest BCUT2D eigenvalue weighted by molar-refractivity contribution is -0.125. The second-order valence-corrected chi connectivity index (χ2v) is 5.51. The van der Waals surface area contributed by atoms with Crippen molar-refractivity contribution in [3.63, 3.8) is 0 Å². The fourth-order valence-corrected chi connectivity index (χ4v) is 2.50. The summed E-state index contributed by atoms with van der Waals surface area (Å²) in [6.45, 7) is 0.159. The number of hydrogen-bond acceptors (Lipinski definition) is 5. The maximum atomic E-state index is 12.4. The molecule has 1 amide bonds. The van der Waals surface area contributed by atoms with Crippen LogP contribution in [0.5, 0.6) is 11.5 Å². The van der Waals surface area contributed by atoms with Crippen molar-refractivity contribution in [1.82, 2.24) is 9.97 Å². The molecule has 2 aromatic carbocycles. The number of nitrogens with one attached hydrogen (secondary N) is 1. The molecule has 1 aliphatic rings. The number of ether oxygens (including phenoxy) is 2. The number of para-hydroxylation sites is 2. The highest BCUT2D eigenvalue weighted by molar-refractivity contribution is 5.94. The molecule has 1 atom stereocenters. The average Bonchev–Trinajstić information content (AvgIpc) is 2.69. The monoisotopic (exact) mass is 333 g/mol. The molecule has 2 heterocycles. The number of aromatic nitrogens is 2. The second kappa shape index (κ2) is 6.60. The van der Waals surface area contributed by atoms with E-state index >= 15 is 0 Å². The van der Waals surface area contributed by atoms with E-state index in [1.165, 1.54) is 0 Å². The molecule has 4 rings (SSSR count). The van der Waals surface area contributed by atoms with Gasteiger partial charge in [-0.2, -0.15) is 0 Å². The minimum absolute atomic E-state index is 0.159. The fourth-order valence-electron chi connectivity index (χ4n) is 2.50. The first kappa shape index (κ1) is 15.1. The van der Waals surface area contributed by atoms with Crippen LogP contribution in [0.4, 0.5) is 5.69 Å². The van der Waals surface area contributed by atoms with Crippen molar-refractivity contribution in [1.29, 1.82) is 0 Å². The Labute approximate surface area is 144 Å². The Balaban J connectivity index is 1.43. The van der Waals surface area contributed by atoms with Crippen LogP contribution in [0.2, 0.25) is 0 Å². The number of benzene rings is 2. The Morgan fingerprint density at radius 3 is 2.40 bits per heavy atom. The zero-order valence-electron chi connectivity index (χ0n) is 13.3. The molecule has 0 saturated heterocycles. The fraction of sp³-hybridized carbons (Fsp3) is 0.105. The summed E-state index contributed by atoms with van der Waals surface area (Å²) < 4.78 is 11.2. The van der Waals surface area contributed by atoms with E-state index in [1.807, 2.05) is 42.5 Å². The van der Waals surface area contributed by atoms with E-state index in [0.717, 1.165) is 5.56 Å². The molecule has 3 aromatic rings. The van der Waals surface area contributed by atoms with E-state index in [1.54, 1.807) is 24.5 Å². The van der Waals surface area contributed by atoms with Crippen LogP contribution in [0.1, 0.15) is 0 Å². The highest BCUT2D eigenvalue weighted by Crippen LogP contribution is 2.31. The third-order valence-electron chi connectivity index (χ3n) is 3.75. The molecule has 0 spiro atoms. The van der Waals surface area contributed by atoms with Crippen molar-refractivity contribution in [3.05, 3.63) is 67.0 Å². The maximum Gasteiger partial charge on any atom is 0.269 e. The number of rotatable bonds is 3. The zero-order chi connectivity index (χ0) is 17.1. The first-order valence-corrected chi connectivity index (χ1v) is 7.86. The molecule has 124 valence electrons. The third-order valence-corrected chi connectivity index (χ3v) is 3.75. The summed E-state index contributed by atoms with van der Waals surface area (Å²) in [4.78, 5) is 20.9. The number of hydrogen-bond donors (Lipinski definition) is 1. The summed E-state index contributed by atoms with van der Waals surface area (Å²) in [6.07, 6.45) is 2.43. The van der Waals surface area contributed by atoms with E-state index in [2.05, 4.69) is 15.3 Å². The molecule has 0 radical (unpaired) electrons. The quantitative estimate of drug-likeness (QED) is 0.798. The van der Waals surface area contributed by atoms with Crippen LogP contribution < -0.4 is 14.8 Å². The molecule has 6 nitrogen and oxygen atoms in total. The van der Waals surface area contributed by atoms with Gasteiger partial charge in [0.1, 0.15) is 6.61 Å². The molecule has 1 aromatic heterocycles. The lowest BCUT2D eigenvalue weighted by Gasteiger charge is -2.25. The van der Waals surface area contributed by atoms with Gasteiger partial charge in [0.15, 0.2) is 17.3 Å². The van der Waals surface area contributed by atoms with E-state index < -0.39 is 6.10 Å². The molecule has 0 aliphatic carbocycles. The van der Waals surface area contributed by atoms with Crippen molar-refractivity contribution in [3.8, 4) is 22.9 Å². The lowest BCUT2D eigenvalue weighted by Crippen LogP contribution is -2.40. The number of carbonyl (C=O) groups is 1. The van der Waals surface area contributed by atoms with E-state index in [-0.39, 0.29) is 12.5 Å².